The van der Waals surface area contributed by atoms with Crippen LogP contribution < -0.4 is 20.1 Å². The molecule has 2 amide bonds. The lowest BCUT2D eigenvalue weighted by molar-refractivity contribution is -0.136. The first-order valence-corrected chi connectivity index (χ1v) is 7.93. The van der Waals surface area contributed by atoms with Crippen LogP contribution in [0.2, 0.25) is 0 Å². The fourth-order valence-corrected chi connectivity index (χ4v) is 2.43. The molecule has 2 aromatic carbocycles. The Morgan fingerprint density at radius 3 is 2.56 bits per heavy atom. The monoisotopic (exact) mass is 378 g/mol. The van der Waals surface area contributed by atoms with Crippen LogP contribution >= 0.6 is 0 Å². The number of carbonyl (C=O) groups is 2. The molecule has 0 saturated carbocycles. The second kappa shape index (κ2) is 7.20. The molecule has 0 radical (unpaired) electrons. The SMILES string of the molecule is C[C@@](O)(CNC(=O)C(=O)Nc1ccc(F)c(F)c1)c1ccc2c(c1)OCO2. The first-order valence-electron chi connectivity index (χ1n) is 7.93. The van der Waals surface area contributed by atoms with E-state index in [4.69, 9.17) is 9.47 Å². The third-order valence-electron chi connectivity index (χ3n) is 3.97. The van der Waals surface area contributed by atoms with E-state index in [9.17, 15) is 23.5 Å². The Labute approximate surface area is 152 Å². The Balaban J connectivity index is 1.60. The highest BCUT2D eigenvalue weighted by atomic mass is 19.2. The zero-order valence-electron chi connectivity index (χ0n) is 14.2. The maximum absolute atomic E-state index is 13.1. The fraction of sp³-hybridized carbons (Fsp3) is 0.222. The van der Waals surface area contributed by atoms with E-state index in [-0.39, 0.29) is 19.0 Å². The third kappa shape index (κ3) is 4.14. The van der Waals surface area contributed by atoms with Crippen LogP contribution in [0.3, 0.4) is 0 Å². The summed E-state index contributed by atoms with van der Waals surface area (Å²) >= 11 is 0. The number of rotatable bonds is 4. The van der Waals surface area contributed by atoms with Gasteiger partial charge in [-0.25, -0.2) is 8.78 Å². The van der Waals surface area contributed by atoms with Crippen molar-refractivity contribution in [1.82, 2.24) is 5.32 Å². The Kier molecular flexibility index (Phi) is 4.95. The lowest BCUT2D eigenvalue weighted by Crippen LogP contribution is -2.43. The molecule has 3 rings (SSSR count). The molecule has 142 valence electrons. The maximum Gasteiger partial charge on any atom is 0.313 e. The van der Waals surface area contributed by atoms with Crippen LogP contribution in [0.5, 0.6) is 11.5 Å². The van der Waals surface area contributed by atoms with Crippen LogP contribution in [0, 0.1) is 11.6 Å². The van der Waals surface area contributed by atoms with E-state index in [0.717, 1.165) is 18.2 Å². The normalized spacial score (nSPS) is 14.4. The van der Waals surface area contributed by atoms with Gasteiger partial charge in [0.1, 0.15) is 5.60 Å². The predicted octanol–water partition coefficient (Wildman–Crippen LogP) is 1.66. The molecule has 0 spiro atoms. The minimum absolute atomic E-state index is 0.0726. The van der Waals surface area contributed by atoms with E-state index < -0.39 is 29.0 Å². The molecular formula is C18H16F2N2O5. The molecule has 0 fully saturated rings. The zero-order chi connectivity index (χ0) is 19.6. The topological polar surface area (TPSA) is 96.9 Å². The van der Waals surface area contributed by atoms with Crippen LogP contribution in [0.15, 0.2) is 36.4 Å². The van der Waals surface area contributed by atoms with Crippen molar-refractivity contribution >= 4 is 17.5 Å². The first-order chi connectivity index (χ1) is 12.8. The van der Waals surface area contributed by atoms with E-state index >= 15 is 0 Å². The molecule has 0 aromatic heterocycles. The largest absolute Gasteiger partial charge is 0.454 e. The van der Waals surface area contributed by atoms with E-state index in [1.54, 1.807) is 18.2 Å². The van der Waals surface area contributed by atoms with Gasteiger partial charge in [-0.15, -0.1) is 0 Å². The Hall–Kier alpha value is -3.20. The van der Waals surface area contributed by atoms with Crippen molar-refractivity contribution in [2.24, 2.45) is 0 Å². The number of ether oxygens (including phenoxy) is 2. The van der Waals surface area contributed by atoms with Crippen LogP contribution in [-0.2, 0) is 15.2 Å². The third-order valence-corrected chi connectivity index (χ3v) is 3.97. The Morgan fingerprint density at radius 1 is 1.07 bits per heavy atom. The molecule has 1 atom stereocenters. The summed E-state index contributed by atoms with van der Waals surface area (Å²) in [4.78, 5) is 23.8. The van der Waals surface area contributed by atoms with Gasteiger partial charge in [0.25, 0.3) is 0 Å². The van der Waals surface area contributed by atoms with Gasteiger partial charge < -0.3 is 25.2 Å². The summed E-state index contributed by atoms with van der Waals surface area (Å²) in [5.41, 5.74) is -1.11. The number of hydrogen-bond acceptors (Lipinski definition) is 5. The quantitative estimate of drug-likeness (QED) is 0.703. The molecule has 0 bridgehead atoms. The van der Waals surface area contributed by atoms with Crippen molar-refractivity contribution in [1.29, 1.82) is 0 Å². The highest BCUT2D eigenvalue weighted by Crippen LogP contribution is 2.35. The summed E-state index contributed by atoms with van der Waals surface area (Å²) in [6.07, 6.45) is 0. The van der Waals surface area contributed by atoms with Gasteiger partial charge in [0.05, 0.1) is 6.54 Å². The molecule has 3 N–H and O–H groups in total. The second-order valence-electron chi connectivity index (χ2n) is 6.11. The van der Waals surface area contributed by atoms with Gasteiger partial charge in [0, 0.05) is 11.8 Å². The van der Waals surface area contributed by atoms with Crippen molar-refractivity contribution in [3.8, 4) is 11.5 Å². The summed E-state index contributed by atoms with van der Waals surface area (Å²) in [6, 6.07) is 7.52. The lowest BCUT2D eigenvalue weighted by atomic mass is 9.95. The number of aliphatic hydroxyl groups is 1. The summed E-state index contributed by atoms with van der Waals surface area (Å²) in [5, 5.41) is 15.0. The zero-order valence-corrected chi connectivity index (χ0v) is 14.2. The number of amides is 2. The summed E-state index contributed by atoms with van der Waals surface area (Å²) in [6.45, 7) is 1.27. The number of halogens is 2. The Bertz CT molecular complexity index is 901. The van der Waals surface area contributed by atoms with E-state index in [1.165, 1.54) is 6.92 Å². The number of hydrogen-bond donors (Lipinski definition) is 3. The maximum atomic E-state index is 13.1. The molecule has 1 heterocycles. The summed E-state index contributed by atoms with van der Waals surface area (Å²) in [7, 11) is 0. The second-order valence-corrected chi connectivity index (χ2v) is 6.11. The molecule has 0 unspecified atom stereocenters. The number of nitrogens with one attached hydrogen (secondary N) is 2. The van der Waals surface area contributed by atoms with Gasteiger partial charge in [-0.3, -0.25) is 9.59 Å². The molecule has 0 aliphatic carbocycles. The van der Waals surface area contributed by atoms with Gasteiger partial charge in [0.15, 0.2) is 23.1 Å². The van der Waals surface area contributed by atoms with Crippen molar-refractivity contribution < 1.29 is 33.0 Å². The minimum Gasteiger partial charge on any atom is -0.454 e. The standard InChI is InChI=1S/C18H16F2N2O5/c1-18(25,10-2-5-14-15(6-10)27-9-26-14)8-21-16(23)17(24)22-11-3-4-12(19)13(20)7-11/h2-7,25H,8-9H2,1H3,(H,21,23)(H,22,24)/t18-/m1/s1. The van der Waals surface area contributed by atoms with Crippen LogP contribution in [-0.4, -0.2) is 30.3 Å². The number of carbonyl (C=O) groups excluding carboxylic acids is 2. The van der Waals surface area contributed by atoms with Crippen molar-refractivity contribution in [2.45, 2.75) is 12.5 Å². The van der Waals surface area contributed by atoms with Gasteiger partial charge in [-0.2, -0.15) is 0 Å². The molecule has 1 aliphatic heterocycles. The van der Waals surface area contributed by atoms with E-state index in [2.05, 4.69) is 10.6 Å². The minimum atomic E-state index is -1.49. The van der Waals surface area contributed by atoms with Gasteiger partial charge >= 0.3 is 11.8 Å². The average molecular weight is 378 g/mol. The van der Waals surface area contributed by atoms with Crippen LogP contribution in [0.4, 0.5) is 14.5 Å². The average Bonchev–Trinajstić information content (AvgIpc) is 3.10. The van der Waals surface area contributed by atoms with Gasteiger partial charge in [-0.1, -0.05) is 6.07 Å². The first kappa shape index (κ1) is 18.6. The number of benzene rings is 2. The van der Waals surface area contributed by atoms with Crippen LogP contribution in [0.1, 0.15) is 12.5 Å². The van der Waals surface area contributed by atoms with Crippen molar-refractivity contribution in [3.63, 3.8) is 0 Å². The highest BCUT2D eigenvalue weighted by molar-refractivity contribution is 6.39. The number of anilines is 1. The summed E-state index contributed by atoms with van der Waals surface area (Å²) in [5.74, 6) is -3.33. The predicted molar refractivity (Wildman–Crippen MR) is 90.1 cm³/mol. The lowest BCUT2D eigenvalue weighted by Gasteiger charge is -2.24. The van der Waals surface area contributed by atoms with Crippen LogP contribution in [0.25, 0.3) is 0 Å². The molecule has 27 heavy (non-hydrogen) atoms. The van der Waals surface area contributed by atoms with Crippen molar-refractivity contribution in [3.05, 3.63) is 53.6 Å². The molecule has 2 aromatic rings. The fourth-order valence-electron chi connectivity index (χ4n) is 2.43. The van der Waals surface area contributed by atoms with Crippen molar-refractivity contribution in [2.75, 3.05) is 18.7 Å². The molecule has 9 heteroatoms. The molecule has 1 aliphatic rings. The molecule has 7 nitrogen and oxygen atoms in total. The highest BCUT2D eigenvalue weighted by Gasteiger charge is 2.27. The van der Waals surface area contributed by atoms with Gasteiger partial charge in [-0.05, 0) is 36.8 Å². The smallest absolute Gasteiger partial charge is 0.313 e. The van der Waals surface area contributed by atoms with E-state index in [0.29, 0.717) is 17.1 Å². The van der Waals surface area contributed by atoms with Gasteiger partial charge in [0.2, 0.25) is 6.79 Å². The van der Waals surface area contributed by atoms with E-state index in [1.807, 2.05) is 0 Å². The molecular weight excluding hydrogens is 362 g/mol. The summed E-state index contributed by atoms with van der Waals surface area (Å²) < 4.78 is 36.4. The Morgan fingerprint density at radius 2 is 1.81 bits per heavy atom. The number of fused-ring (bicyclic) bond motifs is 1. The molecule has 0 saturated heterocycles.